The molecule has 0 atom stereocenters. The van der Waals surface area contributed by atoms with Gasteiger partial charge < -0.3 is 4.57 Å². The third-order valence-electron chi connectivity index (χ3n) is 6.36. The quantitative estimate of drug-likeness (QED) is 0.493. The maximum atomic E-state index is 12.6. The lowest BCUT2D eigenvalue weighted by atomic mass is 9.96. The summed E-state index contributed by atoms with van der Waals surface area (Å²) < 4.78 is 4.20. The summed E-state index contributed by atoms with van der Waals surface area (Å²) in [6.07, 6.45) is 6.67. The standard InChI is InChI=1S/C25H27N3O/c1-18-23(16-19-17-25(29)28(26-19)21-12-6-3-7-13-21)22-14-8-9-15-24(22)27(18)20-10-4-2-5-11-20/h2,4-5,8-11,14-15,17,21,26H,3,6-7,12-13,16H2,1H3. The second kappa shape index (κ2) is 7.43. The Labute approximate surface area is 170 Å². The maximum Gasteiger partial charge on any atom is 0.266 e. The number of nitrogens with zero attached hydrogens (tertiary/aromatic N) is 2. The topological polar surface area (TPSA) is 42.7 Å². The van der Waals surface area contributed by atoms with Crippen molar-refractivity contribution in [2.45, 2.75) is 51.5 Å². The highest BCUT2D eigenvalue weighted by Gasteiger charge is 2.20. The van der Waals surface area contributed by atoms with E-state index in [1.165, 1.54) is 47.1 Å². The summed E-state index contributed by atoms with van der Waals surface area (Å²) in [5, 5.41) is 4.69. The molecule has 1 saturated carbocycles. The highest BCUT2D eigenvalue weighted by Crippen LogP contribution is 2.31. The Morgan fingerprint density at radius 1 is 0.966 bits per heavy atom. The van der Waals surface area contributed by atoms with Crippen LogP contribution in [0, 0.1) is 6.92 Å². The highest BCUT2D eigenvalue weighted by atomic mass is 16.1. The number of nitrogens with one attached hydrogen (secondary N) is 1. The Morgan fingerprint density at radius 2 is 1.69 bits per heavy atom. The molecule has 4 heteroatoms. The third kappa shape index (κ3) is 3.23. The lowest BCUT2D eigenvalue weighted by Gasteiger charge is -2.22. The number of benzene rings is 2. The van der Waals surface area contributed by atoms with Gasteiger partial charge in [0, 0.05) is 34.9 Å². The molecule has 0 radical (unpaired) electrons. The smallest absolute Gasteiger partial charge is 0.266 e. The fourth-order valence-electron chi connectivity index (χ4n) is 4.92. The molecule has 0 spiro atoms. The Hall–Kier alpha value is -3.01. The van der Waals surface area contributed by atoms with Crippen molar-refractivity contribution in [1.29, 1.82) is 0 Å². The van der Waals surface area contributed by atoms with Crippen LogP contribution in [0.2, 0.25) is 0 Å². The van der Waals surface area contributed by atoms with Crippen molar-refractivity contribution in [3.63, 3.8) is 0 Å². The number of aromatic amines is 1. The van der Waals surface area contributed by atoms with E-state index in [0.717, 1.165) is 25.0 Å². The predicted octanol–water partition coefficient (Wildman–Crippen LogP) is 5.52. The summed E-state index contributed by atoms with van der Waals surface area (Å²) in [4.78, 5) is 12.6. The maximum absolute atomic E-state index is 12.6. The first-order valence-corrected chi connectivity index (χ1v) is 10.7. The minimum absolute atomic E-state index is 0.108. The SMILES string of the molecule is Cc1c(Cc2cc(=O)n(C3CCCCC3)[nH]2)c2ccccc2n1-c1ccccc1. The van der Waals surface area contributed by atoms with E-state index >= 15 is 0 Å². The van der Waals surface area contributed by atoms with Crippen LogP contribution in [0.5, 0.6) is 0 Å². The van der Waals surface area contributed by atoms with Gasteiger partial charge in [-0.25, -0.2) is 4.68 Å². The first-order chi connectivity index (χ1) is 14.2. The van der Waals surface area contributed by atoms with Crippen LogP contribution in [0.3, 0.4) is 0 Å². The van der Waals surface area contributed by atoms with Crippen molar-refractivity contribution in [2.24, 2.45) is 0 Å². The molecule has 0 aliphatic heterocycles. The molecule has 0 unspecified atom stereocenters. The van der Waals surface area contributed by atoms with Gasteiger partial charge in [-0.05, 0) is 43.5 Å². The number of hydrogen-bond acceptors (Lipinski definition) is 1. The monoisotopic (exact) mass is 385 g/mol. The molecule has 1 N–H and O–H groups in total. The average molecular weight is 386 g/mol. The van der Waals surface area contributed by atoms with E-state index in [9.17, 15) is 4.79 Å². The largest absolute Gasteiger partial charge is 0.314 e. The zero-order chi connectivity index (χ0) is 19.8. The number of H-pyrrole nitrogens is 1. The minimum atomic E-state index is 0.108. The van der Waals surface area contributed by atoms with Gasteiger partial charge in [0.25, 0.3) is 5.56 Å². The molecule has 0 bridgehead atoms. The van der Waals surface area contributed by atoms with Crippen molar-refractivity contribution in [1.82, 2.24) is 14.3 Å². The lowest BCUT2D eigenvalue weighted by Crippen LogP contribution is -2.23. The summed E-state index contributed by atoms with van der Waals surface area (Å²) in [6, 6.07) is 21.2. The molecule has 1 aliphatic carbocycles. The van der Waals surface area contributed by atoms with E-state index in [1.807, 2.05) is 10.7 Å². The molecule has 29 heavy (non-hydrogen) atoms. The number of hydrogen-bond donors (Lipinski definition) is 1. The van der Waals surface area contributed by atoms with Crippen molar-refractivity contribution in [3.8, 4) is 5.69 Å². The molecular formula is C25H27N3O. The second-order valence-electron chi connectivity index (χ2n) is 8.21. The van der Waals surface area contributed by atoms with Crippen molar-refractivity contribution in [3.05, 3.63) is 88.0 Å². The number of fused-ring (bicyclic) bond motifs is 1. The first kappa shape index (κ1) is 18.0. The third-order valence-corrected chi connectivity index (χ3v) is 6.36. The molecule has 1 aliphatic rings. The van der Waals surface area contributed by atoms with Gasteiger partial charge in [0.05, 0.1) is 11.6 Å². The molecule has 148 valence electrons. The van der Waals surface area contributed by atoms with Gasteiger partial charge in [0.1, 0.15) is 0 Å². The fraction of sp³-hybridized carbons (Fsp3) is 0.320. The van der Waals surface area contributed by atoms with Gasteiger partial charge >= 0.3 is 0 Å². The summed E-state index contributed by atoms with van der Waals surface area (Å²) in [6.45, 7) is 2.18. The Bertz CT molecular complexity index is 1190. The number of para-hydroxylation sites is 2. The van der Waals surface area contributed by atoms with Crippen molar-refractivity contribution < 1.29 is 0 Å². The molecule has 0 saturated heterocycles. The van der Waals surface area contributed by atoms with Crippen LogP contribution in [0.4, 0.5) is 0 Å². The van der Waals surface area contributed by atoms with E-state index in [4.69, 9.17) is 0 Å². The van der Waals surface area contributed by atoms with Crippen LogP contribution < -0.4 is 5.56 Å². The average Bonchev–Trinajstić information content (AvgIpc) is 3.27. The normalized spacial score (nSPS) is 15.2. The molecule has 2 aromatic carbocycles. The van der Waals surface area contributed by atoms with Crippen LogP contribution >= 0.6 is 0 Å². The zero-order valence-electron chi connectivity index (χ0n) is 16.9. The van der Waals surface area contributed by atoms with Gasteiger partial charge in [-0.3, -0.25) is 9.89 Å². The van der Waals surface area contributed by atoms with Gasteiger partial charge in [0.2, 0.25) is 0 Å². The van der Waals surface area contributed by atoms with Crippen LogP contribution in [-0.4, -0.2) is 14.3 Å². The van der Waals surface area contributed by atoms with Crippen molar-refractivity contribution in [2.75, 3.05) is 0 Å². The Balaban J connectivity index is 1.57. The van der Waals surface area contributed by atoms with Crippen LogP contribution in [0.25, 0.3) is 16.6 Å². The molecule has 4 nitrogen and oxygen atoms in total. The molecule has 2 heterocycles. The molecule has 2 aromatic heterocycles. The fourth-order valence-corrected chi connectivity index (χ4v) is 4.92. The van der Waals surface area contributed by atoms with Gasteiger partial charge in [-0.15, -0.1) is 0 Å². The molecule has 1 fully saturated rings. The second-order valence-corrected chi connectivity index (χ2v) is 8.21. The highest BCUT2D eigenvalue weighted by molar-refractivity contribution is 5.87. The summed E-state index contributed by atoms with van der Waals surface area (Å²) in [5.41, 5.74) is 5.99. The summed E-state index contributed by atoms with van der Waals surface area (Å²) in [7, 11) is 0. The van der Waals surface area contributed by atoms with Crippen LogP contribution in [0.1, 0.15) is 55.1 Å². The predicted molar refractivity (Wildman–Crippen MR) is 118 cm³/mol. The first-order valence-electron chi connectivity index (χ1n) is 10.7. The Morgan fingerprint density at radius 3 is 2.48 bits per heavy atom. The van der Waals surface area contributed by atoms with Crippen molar-refractivity contribution >= 4 is 10.9 Å². The Kier molecular flexibility index (Phi) is 4.62. The van der Waals surface area contributed by atoms with Gasteiger partial charge in [0.15, 0.2) is 0 Å². The van der Waals surface area contributed by atoms with E-state index in [-0.39, 0.29) is 5.56 Å². The summed E-state index contributed by atoms with van der Waals surface area (Å²) in [5.74, 6) is 0. The molecule has 4 aromatic rings. The van der Waals surface area contributed by atoms with Crippen LogP contribution in [-0.2, 0) is 6.42 Å². The van der Waals surface area contributed by atoms with E-state index in [1.54, 1.807) is 6.07 Å². The van der Waals surface area contributed by atoms with E-state index in [0.29, 0.717) is 6.04 Å². The number of aromatic nitrogens is 3. The minimum Gasteiger partial charge on any atom is -0.314 e. The summed E-state index contributed by atoms with van der Waals surface area (Å²) >= 11 is 0. The van der Waals surface area contributed by atoms with E-state index in [2.05, 4.69) is 65.1 Å². The van der Waals surface area contributed by atoms with Crippen LogP contribution in [0.15, 0.2) is 65.5 Å². The number of rotatable bonds is 4. The lowest BCUT2D eigenvalue weighted by molar-refractivity contribution is 0.322. The van der Waals surface area contributed by atoms with E-state index < -0.39 is 0 Å². The molecule has 5 rings (SSSR count). The zero-order valence-corrected chi connectivity index (χ0v) is 16.9. The van der Waals surface area contributed by atoms with Gasteiger partial charge in [-0.1, -0.05) is 55.7 Å². The molecule has 0 amide bonds. The van der Waals surface area contributed by atoms with Gasteiger partial charge in [-0.2, -0.15) is 0 Å². The molecular weight excluding hydrogens is 358 g/mol.